The van der Waals surface area contributed by atoms with Crippen molar-refractivity contribution in [2.75, 3.05) is 0 Å². The van der Waals surface area contributed by atoms with E-state index in [0.29, 0.717) is 5.69 Å². The molecule has 0 saturated carbocycles. The summed E-state index contributed by atoms with van der Waals surface area (Å²) in [6, 6.07) is 6.99. The summed E-state index contributed by atoms with van der Waals surface area (Å²) in [6.07, 6.45) is 0. The summed E-state index contributed by atoms with van der Waals surface area (Å²) in [5.74, 6) is 0. The van der Waals surface area contributed by atoms with Crippen molar-refractivity contribution in [1.29, 1.82) is 0 Å². The maximum absolute atomic E-state index is 10.1. The van der Waals surface area contributed by atoms with E-state index in [1.54, 1.807) is 18.2 Å². The maximum atomic E-state index is 10.1. The predicted molar refractivity (Wildman–Crippen MR) is 49.4 cm³/mol. The van der Waals surface area contributed by atoms with E-state index in [4.69, 9.17) is 0 Å². The Bertz CT molecular complexity index is 378. The highest BCUT2D eigenvalue weighted by molar-refractivity contribution is 7.61. The molecule has 0 saturated heterocycles. The standard InChI is InChI=1S/C7H7NO2S.ClH/c1-6-3-2-4-7(5-6)8-11(9)10;/h2-5H,1H3;1H. The third-order valence-electron chi connectivity index (χ3n) is 1.18. The lowest BCUT2D eigenvalue weighted by Gasteiger charge is -1.90. The molecule has 0 radical (unpaired) electrons. The Morgan fingerprint density at radius 3 is 2.50 bits per heavy atom. The second-order valence-electron chi connectivity index (χ2n) is 2.15. The van der Waals surface area contributed by atoms with Gasteiger partial charge in [0.2, 0.25) is 0 Å². The van der Waals surface area contributed by atoms with Gasteiger partial charge in [-0.15, -0.1) is 16.8 Å². The van der Waals surface area contributed by atoms with Gasteiger partial charge in [-0.25, -0.2) is 0 Å². The monoisotopic (exact) mass is 205 g/mol. The third kappa shape index (κ3) is 3.50. The molecule has 12 heavy (non-hydrogen) atoms. The Hall–Kier alpha value is -0.870. The Morgan fingerprint density at radius 1 is 1.33 bits per heavy atom. The van der Waals surface area contributed by atoms with Crippen molar-refractivity contribution in [2.45, 2.75) is 6.92 Å². The molecule has 0 aliphatic heterocycles. The van der Waals surface area contributed by atoms with Gasteiger partial charge in [-0.05, 0) is 24.6 Å². The van der Waals surface area contributed by atoms with Crippen LogP contribution in [0.1, 0.15) is 5.56 Å². The Balaban J connectivity index is 0.00000121. The molecule has 0 heterocycles. The van der Waals surface area contributed by atoms with E-state index in [1.165, 1.54) is 0 Å². The smallest absolute Gasteiger partial charge is 0.163 e. The first-order valence-electron chi connectivity index (χ1n) is 3.06. The fourth-order valence-electron chi connectivity index (χ4n) is 0.771. The molecule has 1 rings (SSSR count). The molecule has 0 unspecified atom stereocenters. The summed E-state index contributed by atoms with van der Waals surface area (Å²) in [7, 11) is -2.35. The van der Waals surface area contributed by atoms with E-state index in [-0.39, 0.29) is 12.4 Å². The van der Waals surface area contributed by atoms with Gasteiger partial charge in [0.05, 0.1) is 5.69 Å². The number of hydrogen-bond donors (Lipinski definition) is 0. The highest BCUT2D eigenvalue weighted by Crippen LogP contribution is 2.12. The fraction of sp³-hybridized carbons (Fsp3) is 0.143. The molecule has 0 N–H and O–H groups in total. The molecule has 1 aromatic carbocycles. The molecule has 0 fully saturated rings. The van der Waals surface area contributed by atoms with Gasteiger partial charge in [0.1, 0.15) is 0 Å². The minimum atomic E-state index is -2.35. The molecule has 1 aromatic rings. The van der Waals surface area contributed by atoms with E-state index < -0.39 is 10.5 Å². The molecule has 66 valence electrons. The van der Waals surface area contributed by atoms with E-state index in [2.05, 4.69) is 4.36 Å². The van der Waals surface area contributed by atoms with Crippen LogP contribution in [0.2, 0.25) is 0 Å². The fourth-order valence-corrected chi connectivity index (χ4v) is 1.06. The van der Waals surface area contributed by atoms with Gasteiger partial charge in [0.15, 0.2) is 0 Å². The van der Waals surface area contributed by atoms with Crippen molar-refractivity contribution >= 4 is 28.6 Å². The lowest BCUT2D eigenvalue weighted by Crippen LogP contribution is -1.68. The summed E-state index contributed by atoms with van der Waals surface area (Å²) in [6.45, 7) is 1.88. The first kappa shape index (κ1) is 11.1. The van der Waals surface area contributed by atoms with E-state index >= 15 is 0 Å². The molecular weight excluding hydrogens is 198 g/mol. The highest BCUT2D eigenvalue weighted by Gasteiger charge is 1.88. The van der Waals surface area contributed by atoms with Gasteiger partial charge in [0.25, 0.3) is 0 Å². The lowest BCUT2D eigenvalue weighted by atomic mass is 10.2. The van der Waals surface area contributed by atoms with Crippen LogP contribution >= 0.6 is 12.4 Å². The first-order valence-corrected chi connectivity index (χ1v) is 4.09. The van der Waals surface area contributed by atoms with Crippen LogP contribution in [-0.4, -0.2) is 8.42 Å². The maximum Gasteiger partial charge on any atom is 0.316 e. The molecule has 0 aromatic heterocycles. The zero-order valence-corrected chi connectivity index (χ0v) is 8.02. The van der Waals surface area contributed by atoms with Gasteiger partial charge < -0.3 is 0 Å². The van der Waals surface area contributed by atoms with Gasteiger partial charge in [0, 0.05) is 0 Å². The molecule has 0 bridgehead atoms. The molecule has 3 nitrogen and oxygen atoms in total. The van der Waals surface area contributed by atoms with Crippen LogP contribution in [-0.2, 0) is 10.5 Å². The third-order valence-corrected chi connectivity index (χ3v) is 1.54. The number of halogens is 1. The molecule has 5 heteroatoms. The molecule has 0 aliphatic carbocycles. The largest absolute Gasteiger partial charge is 0.316 e. The van der Waals surface area contributed by atoms with Crippen molar-refractivity contribution < 1.29 is 8.42 Å². The average molecular weight is 206 g/mol. The van der Waals surface area contributed by atoms with Crippen LogP contribution in [0, 0.1) is 6.92 Å². The molecule has 0 spiro atoms. The quantitative estimate of drug-likeness (QED) is 0.705. The van der Waals surface area contributed by atoms with Crippen LogP contribution in [0.5, 0.6) is 0 Å². The van der Waals surface area contributed by atoms with Crippen LogP contribution in [0.25, 0.3) is 0 Å². The van der Waals surface area contributed by atoms with Crippen LogP contribution in [0.3, 0.4) is 0 Å². The predicted octanol–water partition coefficient (Wildman–Crippen LogP) is 2.11. The minimum absolute atomic E-state index is 0. The van der Waals surface area contributed by atoms with Gasteiger partial charge >= 0.3 is 10.5 Å². The number of benzene rings is 1. The van der Waals surface area contributed by atoms with Crippen LogP contribution in [0.15, 0.2) is 28.6 Å². The van der Waals surface area contributed by atoms with Gasteiger partial charge in [-0.1, -0.05) is 12.1 Å². The number of rotatable bonds is 1. The minimum Gasteiger partial charge on any atom is -0.163 e. The lowest BCUT2D eigenvalue weighted by molar-refractivity contribution is 0.622. The Labute approximate surface area is 78.5 Å². The second kappa shape index (κ2) is 4.90. The Kier molecular flexibility index (Phi) is 4.54. The van der Waals surface area contributed by atoms with Gasteiger partial charge in [-0.2, -0.15) is 8.42 Å². The van der Waals surface area contributed by atoms with Crippen LogP contribution < -0.4 is 0 Å². The van der Waals surface area contributed by atoms with Crippen molar-refractivity contribution in [3.05, 3.63) is 29.8 Å². The molecule has 0 amide bonds. The van der Waals surface area contributed by atoms with E-state index in [0.717, 1.165) is 5.56 Å². The van der Waals surface area contributed by atoms with Gasteiger partial charge in [-0.3, -0.25) is 0 Å². The van der Waals surface area contributed by atoms with Crippen LogP contribution in [0.4, 0.5) is 5.69 Å². The second-order valence-corrected chi connectivity index (χ2v) is 2.76. The first-order chi connectivity index (χ1) is 5.18. The topological polar surface area (TPSA) is 46.5 Å². The Morgan fingerprint density at radius 2 is 2.00 bits per heavy atom. The van der Waals surface area contributed by atoms with Crippen molar-refractivity contribution in [2.24, 2.45) is 4.36 Å². The van der Waals surface area contributed by atoms with Crippen molar-refractivity contribution in [3.63, 3.8) is 0 Å². The highest BCUT2D eigenvalue weighted by atomic mass is 35.5. The van der Waals surface area contributed by atoms with Crippen molar-refractivity contribution in [3.8, 4) is 0 Å². The molecule has 0 atom stereocenters. The summed E-state index contributed by atoms with van der Waals surface area (Å²) in [5, 5.41) is 0. The number of nitrogens with zero attached hydrogens (tertiary/aromatic N) is 1. The average Bonchev–Trinajstić information content (AvgIpc) is 1.85. The molecule has 0 aliphatic rings. The van der Waals surface area contributed by atoms with E-state index in [9.17, 15) is 8.42 Å². The summed E-state index contributed by atoms with van der Waals surface area (Å²) < 4.78 is 23.6. The normalized spacial score (nSPS) is 8.42. The number of aryl methyl sites for hydroxylation is 1. The SMILES string of the molecule is Cc1cccc(N=S(=O)=O)c1.Cl. The number of hydrogen-bond acceptors (Lipinski definition) is 3. The van der Waals surface area contributed by atoms with E-state index in [1.807, 2.05) is 13.0 Å². The summed E-state index contributed by atoms with van der Waals surface area (Å²) >= 11 is 0. The molecular formula is C7H8ClNO2S. The zero-order valence-electron chi connectivity index (χ0n) is 6.39. The zero-order chi connectivity index (χ0) is 8.27. The summed E-state index contributed by atoms with van der Waals surface area (Å²) in [5.41, 5.74) is 1.47. The summed E-state index contributed by atoms with van der Waals surface area (Å²) in [4.78, 5) is 0. The van der Waals surface area contributed by atoms with Crippen molar-refractivity contribution in [1.82, 2.24) is 0 Å².